The highest BCUT2D eigenvalue weighted by molar-refractivity contribution is 5.79. The fourth-order valence-corrected chi connectivity index (χ4v) is 3.54. The second kappa shape index (κ2) is 5.89. The summed E-state index contributed by atoms with van der Waals surface area (Å²) in [5.41, 5.74) is 1.25. The van der Waals surface area contributed by atoms with Gasteiger partial charge in [-0.3, -0.25) is 9.69 Å². The van der Waals surface area contributed by atoms with Crippen LogP contribution in [0.2, 0.25) is 0 Å². The summed E-state index contributed by atoms with van der Waals surface area (Å²) in [7, 11) is 2.08. The molecule has 0 saturated carbocycles. The van der Waals surface area contributed by atoms with Gasteiger partial charge in [-0.2, -0.15) is 0 Å². The van der Waals surface area contributed by atoms with E-state index < -0.39 is 0 Å². The van der Waals surface area contributed by atoms with Crippen LogP contribution in [0.1, 0.15) is 12.0 Å². The average molecular weight is 304 g/mol. The lowest BCUT2D eigenvalue weighted by atomic mass is 9.84. The van der Waals surface area contributed by atoms with Crippen molar-refractivity contribution < 1.29 is 14.6 Å². The molecule has 1 aromatic carbocycles. The molecule has 5 nitrogen and oxygen atoms in total. The zero-order valence-electron chi connectivity index (χ0n) is 13.3. The Morgan fingerprint density at radius 1 is 1.36 bits per heavy atom. The largest absolute Gasteiger partial charge is 0.484 e. The molecular weight excluding hydrogens is 280 g/mol. The van der Waals surface area contributed by atoms with Gasteiger partial charge >= 0.3 is 0 Å². The van der Waals surface area contributed by atoms with Crippen LogP contribution in [0, 0.1) is 12.8 Å². The second-order valence-corrected chi connectivity index (χ2v) is 6.71. The summed E-state index contributed by atoms with van der Waals surface area (Å²) >= 11 is 0. The highest BCUT2D eigenvalue weighted by atomic mass is 16.5. The van der Waals surface area contributed by atoms with Crippen molar-refractivity contribution >= 4 is 5.91 Å². The van der Waals surface area contributed by atoms with Crippen molar-refractivity contribution in [3.8, 4) is 5.75 Å². The van der Waals surface area contributed by atoms with Gasteiger partial charge in [-0.25, -0.2) is 0 Å². The highest BCUT2D eigenvalue weighted by Crippen LogP contribution is 2.39. The third-order valence-electron chi connectivity index (χ3n) is 4.98. The number of aryl methyl sites for hydroxylation is 1. The monoisotopic (exact) mass is 304 g/mol. The van der Waals surface area contributed by atoms with Gasteiger partial charge in [-0.1, -0.05) is 17.7 Å². The van der Waals surface area contributed by atoms with E-state index in [-0.39, 0.29) is 24.7 Å². The first-order valence-electron chi connectivity index (χ1n) is 7.82. The lowest BCUT2D eigenvalue weighted by Crippen LogP contribution is -2.68. The third-order valence-corrected chi connectivity index (χ3v) is 4.98. The Balaban J connectivity index is 1.48. The number of ether oxygens (including phenoxy) is 1. The van der Waals surface area contributed by atoms with Crippen molar-refractivity contribution in [3.05, 3.63) is 29.8 Å². The van der Waals surface area contributed by atoms with Gasteiger partial charge < -0.3 is 14.7 Å². The summed E-state index contributed by atoms with van der Waals surface area (Å²) in [5, 5.41) is 9.31. The number of benzene rings is 1. The summed E-state index contributed by atoms with van der Waals surface area (Å²) < 4.78 is 5.56. The van der Waals surface area contributed by atoms with Crippen LogP contribution in [-0.4, -0.2) is 66.2 Å². The molecule has 120 valence electrons. The fourth-order valence-electron chi connectivity index (χ4n) is 3.54. The molecule has 5 heteroatoms. The highest BCUT2D eigenvalue weighted by Gasteiger charge is 2.52. The van der Waals surface area contributed by atoms with Gasteiger partial charge in [0.2, 0.25) is 0 Å². The van der Waals surface area contributed by atoms with E-state index in [0.717, 1.165) is 31.8 Å². The van der Waals surface area contributed by atoms with Crippen molar-refractivity contribution in [3.63, 3.8) is 0 Å². The first kappa shape index (κ1) is 15.3. The van der Waals surface area contributed by atoms with Crippen molar-refractivity contribution in [1.29, 1.82) is 0 Å². The zero-order chi connectivity index (χ0) is 15.7. The number of hydrogen-bond donors (Lipinski definition) is 1. The van der Waals surface area contributed by atoms with E-state index in [4.69, 9.17) is 4.74 Å². The second-order valence-electron chi connectivity index (χ2n) is 6.71. The zero-order valence-corrected chi connectivity index (χ0v) is 13.3. The van der Waals surface area contributed by atoms with E-state index in [1.54, 1.807) is 0 Å². The summed E-state index contributed by atoms with van der Waals surface area (Å²) in [6, 6.07) is 7.72. The van der Waals surface area contributed by atoms with E-state index >= 15 is 0 Å². The lowest BCUT2D eigenvalue weighted by molar-refractivity contribution is -0.145. The maximum absolute atomic E-state index is 12.2. The van der Waals surface area contributed by atoms with Crippen LogP contribution in [0.15, 0.2) is 24.3 Å². The van der Waals surface area contributed by atoms with Gasteiger partial charge in [0.1, 0.15) is 5.75 Å². The number of carbonyl (C=O) groups excluding carboxylic acids is 1. The molecule has 0 unspecified atom stereocenters. The van der Waals surface area contributed by atoms with Gasteiger partial charge in [-0.15, -0.1) is 0 Å². The standard InChI is InChI=1S/C17H24N2O3/c1-13-3-5-15(6-4-13)22-10-16(21)19-11-17(12-19)7-14(9-20)8-18(17)2/h3-6,14,20H,7-12H2,1-2H3/t14-/m1/s1. The number of nitrogens with zero attached hydrogens (tertiary/aromatic N) is 2. The molecule has 22 heavy (non-hydrogen) atoms. The van der Waals surface area contributed by atoms with Gasteiger partial charge in [-0.05, 0) is 38.4 Å². The van der Waals surface area contributed by atoms with Crippen molar-refractivity contribution in [2.24, 2.45) is 5.92 Å². The Morgan fingerprint density at radius 3 is 2.64 bits per heavy atom. The molecule has 2 heterocycles. The Hall–Kier alpha value is -1.59. The molecule has 2 aliphatic heterocycles. The molecule has 3 rings (SSSR count). The van der Waals surface area contributed by atoms with Gasteiger partial charge in [0, 0.05) is 26.2 Å². The molecule has 0 aromatic heterocycles. The van der Waals surface area contributed by atoms with Gasteiger partial charge in [0.05, 0.1) is 5.54 Å². The molecule has 2 aliphatic rings. The van der Waals surface area contributed by atoms with Crippen LogP contribution in [0.4, 0.5) is 0 Å². The molecule has 2 fully saturated rings. The minimum atomic E-state index is 0.0343. The Morgan fingerprint density at radius 2 is 2.05 bits per heavy atom. The van der Waals surface area contributed by atoms with E-state index in [1.165, 1.54) is 5.56 Å². The number of rotatable bonds is 4. The molecule has 1 amide bonds. The topological polar surface area (TPSA) is 53.0 Å². The maximum Gasteiger partial charge on any atom is 0.260 e. The number of likely N-dealkylation sites (N-methyl/N-ethyl adjacent to an activating group) is 1. The van der Waals surface area contributed by atoms with Crippen molar-refractivity contribution in [2.75, 3.05) is 39.9 Å². The molecule has 0 radical (unpaired) electrons. The van der Waals surface area contributed by atoms with Crippen molar-refractivity contribution in [2.45, 2.75) is 18.9 Å². The summed E-state index contributed by atoms with van der Waals surface area (Å²) in [6.07, 6.45) is 0.975. The maximum atomic E-state index is 12.2. The van der Waals surface area contributed by atoms with Crippen LogP contribution in [0.3, 0.4) is 0 Å². The number of aliphatic hydroxyl groups is 1. The number of amides is 1. The molecule has 1 atom stereocenters. The Kier molecular flexibility index (Phi) is 4.10. The number of aliphatic hydroxyl groups excluding tert-OH is 1. The quantitative estimate of drug-likeness (QED) is 0.898. The first-order chi connectivity index (χ1) is 10.5. The Bertz CT molecular complexity index is 537. The summed E-state index contributed by atoms with van der Waals surface area (Å²) in [5.74, 6) is 1.10. The van der Waals surface area contributed by atoms with Crippen LogP contribution < -0.4 is 4.74 Å². The predicted octanol–water partition coefficient (Wildman–Crippen LogP) is 0.899. The van der Waals surface area contributed by atoms with Crippen LogP contribution in [-0.2, 0) is 4.79 Å². The molecule has 0 bridgehead atoms. The number of carbonyl (C=O) groups is 1. The minimum absolute atomic E-state index is 0.0343. The summed E-state index contributed by atoms with van der Waals surface area (Å²) in [4.78, 5) is 16.3. The van der Waals surface area contributed by atoms with E-state index in [1.807, 2.05) is 36.1 Å². The minimum Gasteiger partial charge on any atom is -0.484 e. The molecule has 1 N–H and O–H groups in total. The Labute approximate surface area is 131 Å². The predicted molar refractivity (Wildman–Crippen MR) is 83.8 cm³/mol. The van der Waals surface area contributed by atoms with E-state index in [9.17, 15) is 9.90 Å². The normalized spacial score (nSPS) is 23.6. The van der Waals surface area contributed by atoms with Crippen LogP contribution in [0.25, 0.3) is 0 Å². The molecular formula is C17H24N2O3. The van der Waals surface area contributed by atoms with Crippen molar-refractivity contribution in [1.82, 2.24) is 9.80 Å². The smallest absolute Gasteiger partial charge is 0.260 e. The third kappa shape index (κ3) is 2.83. The molecule has 2 saturated heterocycles. The molecule has 1 aromatic rings. The number of hydrogen-bond acceptors (Lipinski definition) is 4. The SMILES string of the molecule is Cc1ccc(OCC(=O)N2CC3(C[C@@H](CO)CN3C)C2)cc1. The summed E-state index contributed by atoms with van der Waals surface area (Å²) in [6.45, 7) is 4.75. The molecule has 1 spiro atoms. The fraction of sp³-hybridized carbons (Fsp3) is 0.588. The van der Waals surface area contributed by atoms with Crippen LogP contribution in [0.5, 0.6) is 5.75 Å². The van der Waals surface area contributed by atoms with E-state index in [2.05, 4.69) is 11.9 Å². The lowest BCUT2D eigenvalue weighted by Gasteiger charge is -2.51. The van der Waals surface area contributed by atoms with Gasteiger partial charge in [0.25, 0.3) is 5.91 Å². The van der Waals surface area contributed by atoms with Crippen LogP contribution >= 0.6 is 0 Å². The molecule has 0 aliphatic carbocycles. The first-order valence-corrected chi connectivity index (χ1v) is 7.82. The number of likely N-dealkylation sites (tertiary alicyclic amines) is 2. The van der Waals surface area contributed by atoms with Gasteiger partial charge in [0.15, 0.2) is 6.61 Å². The van der Waals surface area contributed by atoms with E-state index in [0.29, 0.717) is 5.92 Å². The average Bonchev–Trinajstić information content (AvgIpc) is 2.82.